The van der Waals surface area contributed by atoms with Gasteiger partial charge in [0, 0.05) is 48.9 Å². The summed E-state index contributed by atoms with van der Waals surface area (Å²) in [6.07, 6.45) is 3.32. The van der Waals surface area contributed by atoms with E-state index in [0.29, 0.717) is 16.1 Å². The van der Waals surface area contributed by atoms with Gasteiger partial charge >= 0.3 is 0 Å². The predicted molar refractivity (Wildman–Crippen MR) is 123 cm³/mol. The monoisotopic (exact) mass is 506 g/mol. The zero-order valence-corrected chi connectivity index (χ0v) is 20.3. The summed E-state index contributed by atoms with van der Waals surface area (Å²) in [5.41, 5.74) is 0.496. The maximum atomic E-state index is 14.8. The van der Waals surface area contributed by atoms with E-state index in [4.69, 9.17) is 11.6 Å². The Morgan fingerprint density at radius 3 is 2.59 bits per heavy atom. The van der Waals surface area contributed by atoms with E-state index in [0.717, 1.165) is 0 Å². The molecule has 1 N–H and O–H groups in total. The van der Waals surface area contributed by atoms with Crippen LogP contribution in [0.25, 0.3) is 0 Å². The zero-order valence-electron chi connectivity index (χ0n) is 18.7. The molecule has 0 radical (unpaired) electrons. The summed E-state index contributed by atoms with van der Waals surface area (Å²) < 4.78 is 43.3. The number of carbonyl (C=O) groups is 1. The molecule has 1 saturated heterocycles. The Bertz CT molecular complexity index is 1320. The van der Waals surface area contributed by atoms with Crippen LogP contribution < -0.4 is 5.32 Å². The SMILES string of the molecule is Cc1cc(Cl)ccc1C(=O)NCC1(c2ncccc2F)CCN(S(=O)(=O)c2ncn(C)n2)CC1. The number of piperidine rings is 1. The molecule has 3 heterocycles. The lowest BCUT2D eigenvalue weighted by Gasteiger charge is -2.40. The third kappa shape index (κ3) is 4.68. The molecule has 9 nitrogen and oxygen atoms in total. The molecule has 12 heteroatoms. The highest BCUT2D eigenvalue weighted by molar-refractivity contribution is 7.88. The van der Waals surface area contributed by atoms with Gasteiger partial charge in [-0.3, -0.25) is 14.5 Å². The number of aryl methyl sites for hydroxylation is 2. The summed E-state index contributed by atoms with van der Waals surface area (Å²) in [6, 6.07) is 7.77. The van der Waals surface area contributed by atoms with Gasteiger partial charge in [0.2, 0.25) is 0 Å². The van der Waals surface area contributed by atoms with E-state index >= 15 is 0 Å². The topological polar surface area (TPSA) is 110 Å². The van der Waals surface area contributed by atoms with Crippen molar-refractivity contribution >= 4 is 27.5 Å². The van der Waals surface area contributed by atoms with E-state index in [2.05, 4.69) is 20.4 Å². The van der Waals surface area contributed by atoms with Crippen molar-refractivity contribution in [2.45, 2.75) is 30.3 Å². The molecule has 1 aliphatic rings. The van der Waals surface area contributed by atoms with Gasteiger partial charge in [0.15, 0.2) is 0 Å². The molecule has 34 heavy (non-hydrogen) atoms. The molecular formula is C22H24ClFN6O3S. The van der Waals surface area contributed by atoms with E-state index in [9.17, 15) is 17.6 Å². The van der Waals surface area contributed by atoms with E-state index < -0.39 is 21.3 Å². The Morgan fingerprint density at radius 1 is 1.24 bits per heavy atom. The third-order valence-electron chi connectivity index (χ3n) is 6.11. The van der Waals surface area contributed by atoms with Crippen LogP contribution in [0.2, 0.25) is 5.02 Å². The molecule has 0 unspecified atom stereocenters. The molecule has 1 fully saturated rings. The number of rotatable bonds is 6. The van der Waals surface area contributed by atoms with Crippen molar-refractivity contribution in [2.75, 3.05) is 19.6 Å². The highest BCUT2D eigenvalue weighted by atomic mass is 35.5. The Balaban J connectivity index is 1.57. The minimum absolute atomic E-state index is 0.0948. The molecule has 1 amide bonds. The summed E-state index contributed by atoms with van der Waals surface area (Å²) in [5, 5.41) is 7.06. The molecule has 3 aromatic rings. The lowest BCUT2D eigenvalue weighted by Crippen LogP contribution is -2.51. The smallest absolute Gasteiger partial charge is 0.282 e. The van der Waals surface area contributed by atoms with E-state index in [-0.39, 0.29) is 49.2 Å². The minimum atomic E-state index is -3.89. The van der Waals surface area contributed by atoms with Gasteiger partial charge in [0.05, 0.1) is 5.69 Å². The van der Waals surface area contributed by atoms with Crippen LogP contribution in [0, 0.1) is 12.7 Å². The summed E-state index contributed by atoms with van der Waals surface area (Å²) in [6.45, 7) is 2.08. The van der Waals surface area contributed by atoms with Crippen molar-refractivity contribution in [3.63, 3.8) is 0 Å². The van der Waals surface area contributed by atoms with Gasteiger partial charge in [-0.05, 0) is 55.7 Å². The maximum Gasteiger partial charge on any atom is 0.282 e. The Hall–Kier alpha value is -2.89. The molecule has 1 aromatic carbocycles. The molecule has 4 rings (SSSR count). The molecule has 0 atom stereocenters. The second-order valence-electron chi connectivity index (χ2n) is 8.36. The summed E-state index contributed by atoms with van der Waals surface area (Å²) in [7, 11) is -2.31. The normalized spacial score (nSPS) is 16.4. The second-order valence-corrected chi connectivity index (χ2v) is 10.6. The number of benzene rings is 1. The number of aromatic nitrogens is 4. The molecule has 1 aliphatic heterocycles. The van der Waals surface area contributed by atoms with Gasteiger partial charge in [-0.25, -0.2) is 17.8 Å². The summed E-state index contributed by atoms with van der Waals surface area (Å²) in [4.78, 5) is 21.0. The highest BCUT2D eigenvalue weighted by Gasteiger charge is 2.43. The van der Waals surface area contributed by atoms with Crippen LogP contribution in [0.5, 0.6) is 0 Å². The standard InChI is InChI=1S/C22H24ClFN6O3S/c1-15-12-16(23)5-6-17(15)20(31)26-13-22(19-18(24)4-3-9-25-19)7-10-30(11-8-22)34(32,33)21-27-14-29(2)28-21/h3-6,9,12,14H,7-8,10-11,13H2,1-2H3,(H,26,31). The van der Waals surface area contributed by atoms with Crippen molar-refractivity contribution in [2.24, 2.45) is 7.05 Å². The fraction of sp³-hybridized carbons (Fsp3) is 0.364. The van der Waals surface area contributed by atoms with Gasteiger partial charge in [-0.15, -0.1) is 5.10 Å². The number of amides is 1. The summed E-state index contributed by atoms with van der Waals surface area (Å²) >= 11 is 5.99. The maximum absolute atomic E-state index is 14.8. The van der Waals surface area contributed by atoms with Crippen LogP contribution in [0.1, 0.15) is 34.5 Å². The van der Waals surface area contributed by atoms with E-state index in [1.165, 1.54) is 33.6 Å². The quantitative estimate of drug-likeness (QED) is 0.550. The Labute approximate surface area is 202 Å². The number of halogens is 2. The van der Waals surface area contributed by atoms with Crippen molar-refractivity contribution in [3.05, 3.63) is 70.5 Å². The van der Waals surface area contributed by atoms with Crippen molar-refractivity contribution in [1.82, 2.24) is 29.4 Å². The van der Waals surface area contributed by atoms with Crippen molar-refractivity contribution in [3.8, 4) is 0 Å². The van der Waals surface area contributed by atoms with Crippen LogP contribution in [0.4, 0.5) is 4.39 Å². The number of hydrogen-bond acceptors (Lipinski definition) is 6. The largest absolute Gasteiger partial charge is 0.351 e. The van der Waals surface area contributed by atoms with Crippen LogP contribution >= 0.6 is 11.6 Å². The van der Waals surface area contributed by atoms with Crippen LogP contribution in [0.15, 0.2) is 48.0 Å². The Morgan fingerprint density at radius 2 is 1.97 bits per heavy atom. The number of sulfonamides is 1. The lowest BCUT2D eigenvalue weighted by molar-refractivity contribution is 0.0930. The molecule has 0 bridgehead atoms. The number of pyridine rings is 1. The van der Waals surface area contributed by atoms with Crippen molar-refractivity contribution < 1.29 is 17.6 Å². The van der Waals surface area contributed by atoms with Crippen LogP contribution in [-0.2, 0) is 22.5 Å². The Kier molecular flexibility index (Phi) is 6.70. The highest BCUT2D eigenvalue weighted by Crippen LogP contribution is 2.36. The predicted octanol–water partition coefficient (Wildman–Crippen LogP) is 2.46. The van der Waals surface area contributed by atoms with Crippen molar-refractivity contribution in [1.29, 1.82) is 0 Å². The van der Waals surface area contributed by atoms with E-state index in [1.54, 1.807) is 32.2 Å². The first-order chi connectivity index (χ1) is 16.1. The molecule has 2 aromatic heterocycles. The second kappa shape index (κ2) is 9.40. The number of hydrogen-bond donors (Lipinski definition) is 1. The average Bonchev–Trinajstić information content (AvgIpc) is 3.25. The van der Waals surface area contributed by atoms with E-state index in [1.807, 2.05) is 0 Å². The molecule has 0 spiro atoms. The van der Waals surface area contributed by atoms with Gasteiger partial charge < -0.3 is 5.32 Å². The fourth-order valence-corrected chi connectivity index (χ4v) is 5.74. The average molecular weight is 507 g/mol. The zero-order chi connectivity index (χ0) is 24.5. The lowest BCUT2D eigenvalue weighted by atomic mass is 9.75. The molecule has 0 aliphatic carbocycles. The third-order valence-corrected chi connectivity index (χ3v) is 8.04. The summed E-state index contributed by atoms with van der Waals surface area (Å²) in [5.74, 6) is -0.820. The first kappa shape index (κ1) is 24.2. The molecule has 180 valence electrons. The number of nitrogens with one attached hydrogen (secondary N) is 1. The number of nitrogens with zero attached hydrogens (tertiary/aromatic N) is 5. The molecule has 0 saturated carbocycles. The minimum Gasteiger partial charge on any atom is -0.351 e. The van der Waals surface area contributed by atoms with Gasteiger partial charge in [-0.1, -0.05) is 11.6 Å². The van der Waals surface area contributed by atoms with Gasteiger partial charge in [0.25, 0.3) is 21.1 Å². The van der Waals surface area contributed by atoms with Crippen LogP contribution in [-0.4, -0.2) is 58.0 Å². The fourth-order valence-electron chi connectivity index (χ4n) is 4.21. The first-order valence-corrected chi connectivity index (χ1v) is 12.5. The van der Waals surface area contributed by atoms with Gasteiger partial charge in [-0.2, -0.15) is 4.31 Å². The molecular weight excluding hydrogens is 483 g/mol. The van der Waals surface area contributed by atoms with Crippen LogP contribution in [0.3, 0.4) is 0 Å². The first-order valence-electron chi connectivity index (χ1n) is 10.6. The van der Waals surface area contributed by atoms with Gasteiger partial charge in [0.1, 0.15) is 12.1 Å². The number of carbonyl (C=O) groups excluding carboxylic acids is 1.